The molecule has 2 aromatic heterocycles. The summed E-state index contributed by atoms with van der Waals surface area (Å²) in [7, 11) is -7.25. The number of aromatic nitrogens is 2. The SMILES string of the molecule is Cc1ccc(-c2c(C)noc2C)cc1S(=O)(=O)CCCOCCOCCOCCOCCNS(=O)(=O)c1cc(-c2c(C)noc2C)ccc1C. The summed E-state index contributed by atoms with van der Waals surface area (Å²) in [5.74, 6) is 1.24. The van der Waals surface area contributed by atoms with Crippen LogP contribution in [0.15, 0.2) is 55.2 Å². The van der Waals surface area contributed by atoms with E-state index in [9.17, 15) is 16.8 Å². The second-order valence-corrected chi connectivity index (χ2v) is 15.7. The summed E-state index contributed by atoms with van der Waals surface area (Å²) in [5, 5.41) is 7.93. The van der Waals surface area contributed by atoms with E-state index in [1.165, 1.54) is 0 Å². The minimum Gasteiger partial charge on any atom is -0.379 e. The number of rotatable bonds is 21. The molecule has 13 nitrogen and oxygen atoms in total. The third-order valence-electron chi connectivity index (χ3n) is 8.00. The van der Waals surface area contributed by atoms with Gasteiger partial charge in [-0.25, -0.2) is 21.6 Å². The van der Waals surface area contributed by atoms with Gasteiger partial charge in [-0.15, -0.1) is 0 Å². The summed E-state index contributed by atoms with van der Waals surface area (Å²) in [6.45, 7) is 13.4. The van der Waals surface area contributed by atoms with Gasteiger partial charge in [-0.05, 0) is 82.3 Å². The lowest BCUT2D eigenvalue weighted by atomic mass is 10.0. The predicted octanol–water partition coefficient (Wildman–Crippen LogP) is 5.06. The number of hydrogen-bond donors (Lipinski definition) is 1. The van der Waals surface area contributed by atoms with Gasteiger partial charge < -0.3 is 28.0 Å². The molecule has 2 aromatic carbocycles. The Bertz CT molecular complexity index is 1760. The standard InChI is InChI=1S/C35H47N3O10S2/c1-24-8-10-30(34-26(3)37-47-28(34)5)22-32(24)49(39,40)21-7-13-43-15-17-45-19-20-46-18-16-44-14-12-36-50(41,42)33-23-31(11-9-25(33)2)35-27(4)38-48-29(35)6/h8-11,22-23,36H,7,12-21H2,1-6H3. The molecule has 50 heavy (non-hydrogen) atoms. The third-order valence-corrected chi connectivity index (χ3v) is 11.5. The summed E-state index contributed by atoms with van der Waals surface area (Å²) in [4.78, 5) is 0.495. The highest BCUT2D eigenvalue weighted by atomic mass is 32.2. The van der Waals surface area contributed by atoms with Crippen molar-refractivity contribution in [3.05, 3.63) is 70.4 Å². The normalized spacial score (nSPS) is 12.2. The van der Waals surface area contributed by atoms with Crippen molar-refractivity contribution in [1.29, 1.82) is 0 Å². The van der Waals surface area contributed by atoms with E-state index in [0.717, 1.165) is 22.3 Å². The van der Waals surface area contributed by atoms with E-state index in [1.54, 1.807) is 52.0 Å². The van der Waals surface area contributed by atoms with Crippen molar-refractivity contribution in [3.63, 3.8) is 0 Å². The molecular formula is C35H47N3O10S2. The van der Waals surface area contributed by atoms with Crippen molar-refractivity contribution >= 4 is 19.9 Å². The zero-order valence-corrected chi connectivity index (χ0v) is 31.2. The monoisotopic (exact) mass is 733 g/mol. The van der Waals surface area contributed by atoms with E-state index in [0.29, 0.717) is 91.6 Å². The van der Waals surface area contributed by atoms with Crippen LogP contribution in [0.25, 0.3) is 22.3 Å². The molecular weight excluding hydrogens is 687 g/mol. The van der Waals surface area contributed by atoms with Crippen molar-refractivity contribution < 1.29 is 44.8 Å². The second kappa shape index (κ2) is 18.2. The minimum absolute atomic E-state index is 0.0283. The number of hydrogen-bond acceptors (Lipinski definition) is 12. The molecule has 0 aliphatic carbocycles. The first-order chi connectivity index (χ1) is 23.8. The first-order valence-corrected chi connectivity index (χ1v) is 19.6. The molecule has 0 saturated carbocycles. The fourth-order valence-electron chi connectivity index (χ4n) is 5.47. The van der Waals surface area contributed by atoms with Crippen LogP contribution in [0.4, 0.5) is 0 Å². The molecule has 0 spiro atoms. The topological polar surface area (TPSA) is 169 Å². The van der Waals surface area contributed by atoms with Gasteiger partial charge in [-0.3, -0.25) is 0 Å². The van der Waals surface area contributed by atoms with Crippen molar-refractivity contribution in [3.8, 4) is 22.3 Å². The van der Waals surface area contributed by atoms with E-state index in [1.807, 2.05) is 26.0 Å². The van der Waals surface area contributed by atoms with Crippen molar-refractivity contribution in [1.82, 2.24) is 15.0 Å². The van der Waals surface area contributed by atoms with Gasteiger partial charge in [-0.2, -0.15) is 0 Å². The molecule has 0 unspecified atom stereocenters. The van der Waals surface area contributed by atoms with Gasteiger partial charge in [0.2, 0.25) is 10.0 Å². The lowest BCUT2D eigenvalue weighted by Crippen LogP contribution is -2.28. The smallest absolute Gasteiger partial charge is 0.240 e. The largest absolute Gasteiger partial charge is 0.379 e. The molecule has 274 valence electrons. The zero-order chi connectivity index (χ0) is 36.3. The molecule has 0 fully saturated rings. The Kier molecular flexibility index (Phi) is 14.3. The molecule has 2 heterocycles. The number of ether oxygens (including phenoxy) is 4. The minimum atomic E-state index is -3.75. The third kappa shape index (κ3) is 10.5. The Balaban J connectivity index is 1.02. The Hall–Kier alpha value is -3.44. The van der Waals surface area contributed by atoms with Gasteiger partial charge in [0.25, 0.3) is 0 Å². The molecule has 0 aliphatic heterocycles. The number of sulfone groups is 1. The number of sulfonamides is 1. The van der Waals surface area contributed by atoms with E-state index in [-0.39, 0.29) is 23.8 Å². The molecule has 0 bridgehead atoms. The molecule has 0 aliphatic rings. The highest BCUT2D eigenvalue weighted by molar-refractivity contribution is 7.91. The predicted molar refractivity (Wildman–Crippen MR) is 187 cm³/mol. The number of aryl methyl sites for hydroxylation is 6. The Morgan fingerprint density at radius 1 is 0.600 bits per heavy atom. The first kappa shape index (κ1) is 39.3. The quantitative estimate of drug-likeness (QED) is 0.113. The number of nitrogens with one attached hydrogen (secondary N) is 1. The van der Waals surface area contributed by atoms with Gasteiger partial charge in [0.15, 0.2) is 9.84 Å². The average Bonchev–Trinajstić information content (AvgIpc) is 3.59. The molecule has 1 N–H and O–H groups in total. The summed E-state index contributed by atoms with van der Waals surface area (Å²) in [6.07, 6.45) is 0.359. The fraction of sp³-hybridized carbons (Fsp3) is 0.486. The van der Waals surface area contributed by atoms with Crippen LogP contribution in [0, 0.1) is 41.5 Å². The van der Waals surface area contributed by atoms with Crippen molar-refractivity contribution in [2.75, 3.05) is 65.2 Å². The van der Waals surface area contributed by atoms with E-state index >= 15 is 0 Å². The summed E-state index contributed by atoms with van der Waals surface area (Å²) in [5.41, 5.74) is 5.82. The zero-order valence-electron chi connectivity index (χ0n) is 29.5. The Morgan fingerprint density at radius 2 is 1.04 bits per heavy atom. The molecule has 4 rings (SSSR count). The van der Waals surface area contributed by atoms with Crippen molar-refractivity contribution in [2.24, 2.45) is 0 Å². The van der Waals surface area contributed by atoms with Crippen LogP contribution in [0.1, 0.15) is 40.5 Å². The summed E-state index contributed by atoms with van der Waals surface area (Å²) in [6, 6.07) is 10.6. The second-order valence-electron chi connectivity index (χ2n) is 11.9. The van der Waals surface area contributed by atoms with Gasteiger partial charge >= 0.3 is 0 Å². The van der Waals surface area contributed by atoms with E-state index in [2.05, 4.69) is 15.0 Å². The number of benzene rings is 2. The van der Waals surface area contributed by atoms with Crippen LogP contribution < -0.4 is 4.72 Å². The van der Waals surface area contributed by atoms with Crippen LogP contribution >= 0.6 is 0 Å². The van der Waals surface area contributed by atoms with Crippen LogP contribution in [-0.4, -0.2) is 92.3 Å². The highest BCUT2D eigenvalue weighted by Gasteiger charge is 2.21. The van der Waals surface area contributed by atoms with Gasteiger partial charge in [0, 0.05) is 24.3 Å². The molecule has 0 atom stereocenters. The van der Waals surface area contributed by atoms with Gasteiger partial charge in [0.05, 0.1) is 73.2 Å². The van der Waals surface area contributed by atoms with Crippen LogP contribution in [-0.2, 0) is 38.8 Å². The van der Waals surface area contributed by atoms with Crippen LogP contribution in [0.2, 0.25) is 0 Å². The Labute approximate surface area is 294 Å². The van der Waals surface area contributed by atoms with Crippen molar-refractivity contribution in [2.45, 2.75) is 57.8 Å². The highest BCUT2D eigenvalue weighted by Crippen LogP contribution is 2.31. The lowest BCUT2D eigenvalue weighted by Gasteiger charge is -2.12. The molecule has 15 heteroatoms. The summed E-state index contributed by atoms with van der Waals surface area (Å²) < 4.78 is 87.2. The van der Waals surface area contributed by atoms with E-state index in [4.69, 9.17) is 28.0 Å². The lowest BCUT2D eigenvalue weighted by molar-refractivity contribution is -0.00104. The maximum absolute atomic E-state index is 13.1. The maximum atomic E-state index is 13.1. The average molecular weight is 734 g/mol. The number of nitrogens with zero attached hydrogens (tertiary/aromatic N) is 2. The maximum Gasteiger partial charge on any atom is 0.240 e. The Morgan fingerprint density at radius 3 is 1.52 bits per heavy atom. The first-order valence-electron chi connectivity index (χ1n) is 16.4. The van der Waals surface area contributed by atoms with Crippen LogP contribution in [0.3, 0.4) is 0 Å². The molecule has 0 amide bonds. The summed E-state index contributed by atoms with van der Waals surface area (Å²) >= 11 is 0. The van der Waals surface area contributed by atoms with Crippen LogP contribution in [0.5, 0.6) is 0 Å². The molecule has 4 aromatic rings. The molecule has 0 radical (unpaired) electrons. The van der Waals surface area contributed by atoms with E-state index < -0.39 is 19.9 Å². The molecule has 0 saturated heterocycles. The van der Waals surface area contributed by atoms with Gasteiger partial charge in [-0.1, -0.05) is 34.6 Å². The van der Waals surface area contributed by atoms with Gasteiger partial charge in [0.1, 0.15) is 11.5 Å². The fourth-order valence-corrected chi connectivity index (χ4v) is 8.34.